The van der Waals surface area contributed by atoms with Crippen molar-refractivity contribution in [3.63, 3.8) is 0 Å². The summed E-state index contributed by atoms with van der Waals surface area (Å²) in [4.78, 5) is 2.15. The minimum Gasteiger partial charge on any atom is -0.497 e. The lowest BCUT2D eigenvalue weighted by molar-refractivity contribution is 0.350. The SMILES string of the molecule is COc1ccc(C#CCO)c(CN(C)c2ccccc2)c1. The van der Waals surface area contributed by atoms with Gasteiger partial charge in [0.05, 0.1) is 7.11 Å². The molecule has 2 rings (SSSR count). The predicted octanol–water partition coefficient (Wildman–Crippen LogP) is 2.68. The molecule has 0 radical (unpaired) electrons. The molecule has 0 amide bonds. The van der Waals surface area contributed by atoms with Crippen LogP contribution in [-0.2, 0) is 6.54 Å². The van der Waals surface area contributed by atoms with E-state index in [0.29, 0.717) is 0 Å². The molecule has 0 heterocycles. The van der Waals surface area contributed by atoms with E-state index in [1.54, 1.807) is 7.11 Å². The Morgan fingerprint density at radius 2 is 1.90 bits per heavy atom. The van der Waals surface area contributed by atoms with Crippen LogP contribution in [-0.4, -0.2) is 25.9 Å². The summed E-state index contributed by atoms with van der Waals surface area (Å²) in [5.74, 6) is 6.50. The monoisotopic (exact) mass is 281 g/mol. The Kier molecular flexibility index (Phi) is 5.25. The molecule has 2 aromatic carbocycles. The van der Waals surface area contributed by atoms with Gasteiger partial charge in [-0.25, -0.2) is 0 Å². The number of hydrogen-bond donors (Lipinski definition) is 1. The number of para-hydroxylation sites is 1. The molecule has 2 aromatic rings. The molecule has 0 bridgehead atoms. The second kappa shape index (κ2) is 7.37. The molecule has 0 aliphatic carbocycles. The van der Waals surface area contributed by atoms with E-state index in [0.717, 1.165) is 29.1 Å². The second-order valence-electron chi connectivity index (χ2n) is 4.67. The number of nitrogens with zero attached hydrogens (tertiary/aromatic N) is 1. The van der Waals surface area contributed by atoms with Crippen LogP contribution in [0.5, 0.6) is 5.75 Å². The average molecular weight is 281 g/mol. The van der Waals surface area contributed by atoms with E-state index >= 15 is 0 Å². The van der Waals surface area contributed by atoms with Crippen LogP contribution in [0, 0.1) is 11.8 Å². The van der Waals surface area contributed by atoms with E-state index < -0.39 is 0 Å². The number of aliphatic hydroxyl groups is 1. The first kappa shape index (κ1) is 15.0. The highest BCUT2D eigenvalue weighted by atomic mass is 16.5. The molecule has 0 atom stereocenters. The Balaban J connectivity index is 2.28. The highest BCUT2D eigenvalue weighted by Gasteiger charge is 2.07. The summed E-state index contributed by atoms with van der Waals surface area (Å²) in [5, 5.41) is 8.87. The molecule has 3 heteroatoms. The number of aliphatic hydroxyl groups excluding tert-OH is 1. The zero-order valence-corrected chi connectivity index (χ0v) is 12.3. The largest absolute Gasteiger partial charge is 0.497 e. The minimum atomic E-state index is -0.139. The summed E-state index contributed by atoms with van der Waals surface area (Å²) in [5.41, 5.74) is 3.12. The first-order valence-electron chi connectivity index (χ1n) is 6.77. The Morgan fingerprint density at radius 1 is 1.14 bits per heavy atom. The van der Waals surface area contributed by atoms with Gasteiger partial charge in [0.25, 0.3) is 0 Å². The van der Waals surface area contributed by atoms with Crippen molar-refractivity contribution in [3.05, 3.63) is 59.7 Å². The molecule has 0 aromatic heterocycles. The molecule has 21 heavy (non-hydrogen) atoms. The summed E-state index contributed by atoms with van der Waals surface area (Å²) >= 11 is 0. The van der Waals surface area contributed by atoms with E-state index in [2.05, 4.69) is 28.9 Å². The molecule has 3 nitrogen and oxygen atoms in total. The minimum absolute atomic E-state index is 0.139. The smallest absolute Gasteiger partial charge is 0.119 e. The van der Waals surface area contributed by atoms with Crippen molar-refractivity contribution in [2.45, 2.75) is 6.54 Å². The summed E-state index contributed by atoms with van der Waals surface area (Å²) in [7, 11) is 3.69. The van der Waals surface area contributed by atoms with Gasteiger partial charge < -0.3 is 14.7 Å². The maximum atomic E-state index is 8.87. The fourth-order valence-corrected chi connectivity index (χ4v) is 2.11. The maximum Gasteiger partial charge on any atom is 0.119 e. The average Bonchev–Trinajstić information content (AvgIpc) is 2.54. The third kappa shape index (κ3) is 4.01. The highest BCUT2D eigenvalue weighted by molar-refractivity contribution is 5.50. The van der Waals surface area contributed by atoms with Gasteiger partial charge in [0.2, 0.25) is 0 Å². The van der Waals surface area contributed by atoms with Crippen molar-refractivity contribution in [2.24, 2.45) is 0 Å². The molecule has 1 N–H and O–H groups in total. The van der Waals surface area contributed by atoms with Crippen LogP contribution >= 0.6 is 0 Å². The van der Waals surface area contributed by atoms with Crippen LogP contribution < -0.4 is 9.64 Å². The van der Waals surface area contributed by atoms with Crippen LogP contribution in [0.2, 0.25) is 0 Å². The molecule has 0 saturated carbocycles. The van der Waals surface area contributed by atoms with Crippen molar-refractivity contribution in [3.8, 4) is 17.6 Å². The Labute approximate surface area is 125 Å². The van der Waals surface area contributed by atoms with Gasteiger partial charge in [-0.1, -0.05) is 30.0 Å². The van der Waals surface area contributed by atoms with E-state index in [-0.39, 0.29) is 6.61 Å². The number of hydrogen-bond acceptors (Lipinski definition) is 3. The van der Waals surface area contributed by atoms with Crippen LogP contribution in [0.15, 0.2) is 48.5 Å². The van der Waals surface area contributed by atoms with Gasteiger partial charge >= 0.3 is 0 Å². The van der Waals surface area contributed by atoms with Gasteiger partial charge in [-0.15, -0.1) is 0 Å². The maximum absolute atomic E-state index is 8.87. The lowest BCUT2D eigenvalue weighted by Gasteiger charge is -2.20. The van der Waals surface area contributed by atoms with E-state index in [4.69, 9.17) is 9.84 Å². The molecular weight excluding hydrogens is 262 g/mol. The molecule has 108 valence electrons. The number of methoxy groups -OCH3 is 1. The first-order valence-corrected chi connectivity index (χ1v) is 6.77. The van der Waals surface area contributed by atoms with Crippen molar-refractivity contribution < 1.29 is 9.84 Å². The fourth-order valence-electron chi connectivity index (χ4n) is 2.11. The van der Waals surface area contributed by atoms with Gasteiger partial charge in [0.15, 0.2) is 0 Å². The van der Waals surface area contributed by atoms with Crippen molar-refractivity contribution in [1.29, 1.82) is 0 Å². The molecule has 0 unspecified atom stereocenters. The molecular formula is C18H19NO2. The molecule has 0 spiro atoms. The third-order valence-electron chi connectivity index (χ3n) is 3.22. The Bertz CT molecular complexity index is 641. The van der Waals surface area contributed by atoms with Crippen molar-refractivity contribution in [2.75, 3.05) is 25.7 Å². The summed E-state index contributed by atoms with van der Waals surface area (Å²) in [6, 6.07) is 16.0. The Hall–Kier alpha value is -2.44. The quantitative estimate of drug-likeness (QED) is 0.875. The van der Waals surface area contributed by atoms with E-state index in [9.17, 15) is 0 Å². The van der Waals surface area contributed by atoms with Gasteiger partial charge in [-0.05, 0) is 35.9 Å². The lowest BCUT2D eigenvalue weighted by Crippen LogP contribution is -2.17. The van der Waals surface area contributed by atoms with Crippen LogP contribution in [0.3, 0.4) is 0 Å². The first-order chi connectivity index (χ1) is 10.2. The van der Waals surface area contributed by atoms with E-state index in [1.807, 2.05) is 43.4 Å². The molecule has 0 aliphatic rings. The van der Waals surface area contributed by atoms with E-state index in [1.165, 1.54) is 0 Å². The number of rotatable bonds is 4. The summed E-state index contributed by atoms with van der Waals surface area (Å²) in [6.45, 7) is 0.580. The van der Waals surface area contributed by atoms with Gasteiger partial charge in [0.1, 0.15) is 12.4 Å². The standard InChI is InChI=1S/C18H19NO2/c1-19(17-8-4-3-5-9-17)14-16-13-18(21-2)11-10-15(16)7-6-12-20/h3-5,8-11,13,20H,12,14H2,1-2H3. The van der Waals surface area contributed by atoms with Crippen LogP contribution in [0.25, 0.3) is 0 Å². The Morgan fingerprint density at radius 3 is 2.57 bits per heavy atom. The normalized spacial score (nSPS) is 9.67. The summed E-state index contributed by atoms with van der Waals surface area (Å²) < 4.78 is 5.29. The van der Waals surface area contributed by atoms with Gasteiger partial charge in [0, 0.05) is 24.8 Å². The van der Waals surface area contributed by atoms with Crippen LogP contribution in [0.1, 0.15) is 11.1 Å². The summed E-state index contributed by atoms with van der Waals surface area (Å²) in [6.07, 6.45) is 0. The van der Waals surface area contributed by atoms with Gasteiger partial charge in [-0.2, -0.15) is 0 Å². The molecule has 0 saturated heterocycles. The number of anilines is 1. The number of ether oxygens (including phenoxy) is 1. The predicted molar refractivity (Wildman–Crippen MR) is 85.5 cm³/mol. The zero-order valence-electron chi connectivity index (χ0n) is 12.3. The zero-order chi connectivity index (χ0) is 15.1. The fraction of sp³-hybridized carbons (Fsp3) is 0.222. The van der Waals surface area contributed by atoms with Crippen molar-refractivity contribution in [1.82, 2.24) is 0 Å². The molecule has 0 fully saturated rings. The lowest BCUT2D eigenvalue weighted by atomic mass is 10.1. The molecule has 0 aliphatic heterocycles. The highest BCUT2D eigenvalue weighted by Crippen LogP contribution is 2.21. The topological polar surface area (TPSA) is 32.7 Å². The van der Waals surface area contributed by atoms with Crippen molar-refractivity contribution >= 4 is 5.69 Å². The third-order valence-corrected chi connectivity index (χ3v) is 3.22. The van der Waals surface area contributed by atoms with Gasteiger partial charge in [-0.3, -0.25) is 0 Å². The number of benzene rings is 2. The second-order valence-corrected chi connectivity index (χ2v) is 4.67. The van der Waals surface area contributed by atoms with Crippen LogP contribution in [0.4, 0.5) is 5.69 Å².